The van der Waals surface area contributed by atoms with Crippen LogP contribution in [0.4, 0.5) is 11.5 Å². The van der Waals surface area contributed by atoms with Gasteiger partial charge in [-0.05, 0) is 31.4 Å². The summed E-state index contributed by atoms with van der Waals surface area (Å²) in [6.07, 6.45) is 11.4. The maximum atomic E-state index is 11.7. The first-order chi connectivity index (χ1) is 15.4. The van der Waals surface area contributed by atoms with Crippen LogP contribution in [0.15, 0.2) is 36.8 Å². The van der Waals surface area contributed by atoms with E-state index in [-0.39, 0.29) is 6.04 Å². The Morgan fingerprint density at radius 3 is 2.78 bits per heavy atom. The lowest BCUT2D eigenvalue weighted by Gasteiger charge is -2.41. The minimum absolute atomic E-state index is 0.124. The molecule has 1 N–H and O–H groups in total. The van der Waals surface area contributed by atoms with Crippen molar-refractivity contribution in [3.05, 3.63) is 42.6 Å². The molecule has 0 unspecified atom stereocenters. The molecule has 10 heteroatoms. The molecule has 1 aliphatic heterocycles. The molecular weight excluding hydrogens is 426 g/mol. The molecule has 1 atom stereocenters. The van der Waals surface area contributed by atoms with Crippen LogP contribution in [0.1, 0.15) is 57.3 Å². The van der Waals surface area contributed by atoms with Gasteiger partial charge in [-0.1, -0.05) is 38.3 Å². The third-order valence-electron chi connectivity index (χ3n) is 6.17. The van der Waals surface area contributed by atoms with Gasteiger partial charge >= 0.3 is 0 Å². The first kappa shape index (κ1) is 20.9. The summed E-state index contributed by atoms with van der Waals surface area (Å²) in [7, 11) is -3.37. The fourth-order valence-corrected chi connectivity index (χ4v) is 5.44. The van der Waals surface area contributed by atoms with Crippen molar-refractivity contribution < 1.29 is 8.42 Å². The van der Waals surface area contributed by atoms with Crippen LogP contribution in [0.3, 0.4) is 0 Å². The second kappa shape index (κ2) is 8.16. The van der Waals surface area contributed by atoms with Gasteiger partial charge in [0.2, 0.25) is 10.0 Å². The highest BCUT2D eigenvalue weighted by Gasteiger charge is 2.38. The van der Waals surface area contributed by atoms with Crippen molar-refractivity contribution in [2.75, 3.05) is 15.9 Å². The summed E-state index contributed by atoms with van der Waals surface area (Å²) in [5.41, 5.74) is 2.14. The average Bonchev–Trinajstić information content (AvgIpc) is 3.45. The molecule has 1 saturated carbocycles. The van der Waals surface area contributed by atoms with Gasteiger partial charge in [0, 0.05) is 17.3 Å². The normalized spacial score (nSPS) is 18.4. The molecule has 0 bridgehead atoms. The van der Waals surface area contributed by atoms with Crippen LogP contribution in [-0.4, -0.2) is 45.4 Å². The van der Waals surface area contributed by atoms with Gasteiger partial charge in [-0.15, -0.1) is 10.2 Å². The van der Waals surface area contributed by atoms with E-state index in [1.54, 1.807) is 24.5 Å². The maximum Gasteiger partial charge on any atom is 0.229 e. The van der Waals surface area contributed by atoms with Crippen LogP contribution in [0.5, 0.6) is 0 Å². The van der Waals surface area contributed by atoms with Crippen LogP contribution in [-0.2, 0) is 10.0 Å². The number of nitrogens with one attached hydrogen (secondary N) is 1. The van der Waals surface area contributed by atoms with Crippen LogP contribution in [0, 0.1) is 0 Å². The molecule has 2 aliphatic rings. The number of rotatable bonds is 6. The second-order valence-electron chi connectivity index (χ2n) is 8.57. The van der Waals surface area contributed by atoms with Gasteiger partial charge in [0.05, 0.1) is 18.5 Å². The van der Waals surface area contributed by atoms with Crippen molar-refractivity contribution in [3.63, 3.8) is 0 Å². The predicted molar refractivity (Wildman–Crippen MR) is 123 cm³/mol. The quantitative estimate of drug-likeness (QED) is 0.606. The number of hydrogen-bond donors (Lipinski definition) is 1. The lowest BCUT2D eigenvalue weighted by atomic mass is 10.0. The van der Waals surface area contributed by atoms with Crippen molar-refractivity contribution in [3.8, 4) is 17.1 Å². The summed E-state index contributed by atoms with van der Waals surface area (Å²) < 4.78 is 27.8. The van der Waals surface area contributed by atoms with Crippen molar-refractivity contribution in [1.29, 1.82) is 0 Å². The molecule has 0 spiro atoms. The van der Waals surface area contributed by atoms with Crippen molar-refractivity contribution in [2.45, 2.75) is 57.5 Å². The highest BCUT2D eigenvalue weighted by atomic mass is 32.2. The van der Waals surface area contributed by atoms with E-state index in [9.17, 15) is 8.42 Å². The minimum atomic E-state index is -3.37. The third kappa shape index (κ3) is 3.83. The zero-order chi connectivity index (χ0) is 22.3. The number of aromatic nitrogens is 5. The van der Waals surface area contributed by atoms with E-state index in [1.165, 1.54) is 12.8 Å². The zero-order valence-corrected chi connectivity index (χ0v) is 19.1. The highest BCUT2D eigenvalue weighted by Crippen LogP contribution is 2.43. The van der Waals surface area contributed by atoms with Gasteiger partial charge in [-0.25, -0.2) is 18.4 Å². The van der Waals surface area contributed by atoms with Crippen LogP contribution >= 0.6 is 0 Å². The smallest absolute Gasteiger partial charge is 0.229 e. The van der Waals surface area contributed by atoms with Gasteiger partial charge in [-0.3, -0.25) is 9.29 Å². The van der Waals surface area contributed by atoms with Gasteiger partial charge in [0.1, 0.15) is 12.0 Å². The molecule has 1 aliphatic carbocycles. The molecule has 9 nitrogen and oxygen atoms in total. The van der Waals surface area contributed by atoms with Crippen LogP contribution in [0.2, 0.25) is 0 Å². The van der Waals surface area contributed by atoms with Gasteiger partial charge in [0.15, 0.2) is 17.5 Å². The van der Waals surface area contributed by atoms with Crippen LogP contribution in [0.25, 0.3) is 17.1 Å². The van der Waals surface area contributed by atoms with E-state index in [4.69, 9.17) is 4.98 Å². The molecule has 1 fully saturated rings. The van der Waals surface area contributed by atoms with Crippen molar-refractivity contribution >= 4 is 21.5 Å². The minimum Gasteiger partial charge on any atom is -0.341 e. The number of anilines is 2. The Labute approximate surface area is 188 Å². The van der Waals surface area contributed by atoms with Gasteiger partial charge in [0.25, 0.3) is 0 Å². The molecule has 0 amide bonds. The fraction of sp³-hybridized carbons (Fsp3) is 0.455. The van der Waals surface area contributed by atoms with E-state index in [0.29, 0.717) is 17.6 Å². The molecule has 0 saturated heterocycles. The largest absolute Gasteiger partial charge is 0.341 e. The van der Waals surface area contributed by atoms with E-state index in [1.807, 2.05) is 16.8 Å². The lowest BCUT2D eigenvalue weighted by molar-refractivity contribution is 0.453. The molecule has 1 aromatic carbocycles. The van der Waals surface area contributed by atoms with E-state index >= 15 is 0 Å². The number of benzene rings is 1. The second-order valence-corrected chi connectivity index (χ2v) is 10.3. The summed E-state index contributed by atoms with van der Waals surface area (Å²) in [5.74, 6) is 2.41. The van der Waals surface area contributed by atoms with Crippen molar-refractivity contribution in [2.24, 2.45) is 0 Å². The molecule has 168 valence electrons. The Bertz CT molecular complexity index is 1230. The fourth-order valence-electron chi connectivity index (χ4n) is 4.88. The number of fused-ring (bicyclic) bond motifs is 3. The molecule has 5 rings (SSSR count). The summed E-state index contributed by atoms with van der Waals surface area (Å²) in [6.45, 7) is 2.19. The number of hydrogen-bond acceptors (Lipinski definition) is 7. The third-order valence-corrected chi connectivity index (χ3v) is 6.77. The average molecular weight is 454 g/mol. The molecular formula is C22H27N7O2S. The zero-order valence-electron chi connectivity index (χ0n) is 18.3. The molecule has 0 radical (unpaired) electrons. The monoisotopic (exact) mass is 453 g/mol. The first-order valence-electron chi connectivity index (χ1n) is 11.1. The lowest BCUT2D eigenvalue weighted by Crippen LogP contribution is -2.42. The predicted octanol–water partition coefficient (Wildman–Crippen LogP) is 3.70. The van der Waals surface area contributed by atoms with E-state index in [2.05, 4.69) is 31.7 Å². The van der Waals surface area contributed by atoms with Gasteiger partial charge in [-0.2, -0.15) is 0 Å². The Balaban J connectivity index is 1.62. The summed E-state index contributed by atoms with van der Waals surface area (Å²) in [6, 6.07) is 7.72. The number of sulfonamides is 1. The highest BCUT2D eigenvalue weighted by molar-refractivity contribution is 7.92. The SMILES string of the molecule is CCC[C@@H]1c2nncn2-c2cnc(-c3cccc(NS(C)(=O)=O)c3)nc2N1C1CCCC1. The summed E-state index contributed by atoms with van der Waals surface area (Å²) in [4.78, 5) is 12.1. The van der Waals surface area contributed by atoms with Crippen LogP contribution < -0.4 is 9.62 Å². The van der Waals surface area contributed by atoms with E-state index in [0.717, 1.165) is 54.8 Å². The Morgan fingerprint density at radius 2 is 2.03 bits per heavy atom. The van der Waals surface area contributed by atoms with Gasteiger partial charge < -0.3 is 4.90 Å². The first-order valence-corrected chi connectivity index (χ1v) is 13.0. The molecule has 32 heavy (non-hydrogen) atoms. The topological polar surface area (TPSA) is 106 Å². The Hall–Kier alpha value is -3.01. The summed E-state index contributed by atoms with van der Waals surface area (Å²) in [5, 5.41) is 8.64. The Kier molecular flexibility index (Phi) is 5.32. The molecule has 3 heterocycles. The number of nitrogens with zero attached hydrogens (tertiary/aromatic N) is 6. The van der Waals surface area contributed by atoms with Crippen molar-refractivity contribution in [1.82, 2.24) is 24.7 Å². The summed E-state index contributed by atoms with van der Waals surface area (Å²) >= 11 is 0. The molecule has 3 aromatic rings. The Morgan fingerprint density at radius 1 is 1.22 bits per heavy atom. The standard InChI is InChI=1S/C22H27N7O2S/c1-3-7-18-22-26-24-14-28(22)19-13-23-20(25-21(19)29(18)17-10-4-5-11-17)15-8-6-9-16(12-15)27-32(2,30)31/h6,8-9,12-14,17-18,27H,3-5,7,10-11H2,1-2H3/t18-/m1/s1. The van der Waals surface area contributed by atoms with E-state index < -0.39 is 10.0 Å². The maximum absolute atomic E-state index is 11.7. The molecule has 2 aromatic heterocycles.